The van der Waals surface area contributed by atoms with Crippen LogP contribution in [0.5, 0.6) is 0 Å². The Hall–Kier alpha value is -2.94. The highest BCUT2D eigenvalue weighted by Gasteiger charge is 2.19. The molecule has 2 aromatic rings. The number of halogens is 1. The zero-order chi connectivity index (χ0) is 20.0. The van der Waals surface area contributed by atoms with Crippen LogP contribution in [0.2, 0.25) is 0 Å². The topological polar surface area (TPSA) is 104 Å². The normalized spacial score (nSPS) is 12.1. The van der Waals surface area contributed by atoms with Crippen molar-refractivity contribution in [3.8, 4) is 0 Å². The van der Waals surface area contributed by atoms with Gasteiger partial charge in [-0.2, -0.15) is 0 Å². The zero-order valence-electron chi connectivity index (χ0n) is 14.8. The van der Waals surface area contributed by atoms with Gasteiger partial charge in [-0.15, -0.1) is 0 Å². The molecule has 27 heavy (non-hydrogen) atoms. The van der Waals surface area contributed by atoms with E-state index in [1.165, 1.54) is 42.5 Å². The van der Waals surface area contributed by atoms with Crippen LogP contribution in [0.25, 0.3) is 0 Å². The maximum Gasteiger partial charge on any atom is 0.261 e. The molecule has 0 unspecified atom stereocenters. The Labute approximate surface area is 157 Å². The lowest BCUT2D eigenvalue weighted by atomic mass is 10.2. The van der Waals surface area contributed by atoms with Crippen molar-refractivity contribution in [1.82, 2.24) is 10.6 Å². The van der Waals surface area contributed by atoms with Crippen LogP contribution in [0.15, 0.2) is 53.4 Å². The lowest BCUT2D eigenvalue weighted by Gasteiger charge is -2.13. The number of amides is 2. The summed E-state index contributed by atoms with van der Waals surface area (Å²) < 4.78 is 40.5. The monoisotopic (exact) mass is 393 g/mol. The Morgan fingerprint density at radius 3 is 2.30 bits per heavy atom. The Balaban J connectivity index is 2.11. The molecule has 0 saturated heterocycles. The average Bonchev–Trinajstić information content (AvgIpc) is 2.63. The fourth-order valence-electron chi connectivity index (χ4n) is 2.21. The van der Waals surface area contributed by atoms with Crippen molar-refractivity contribution in [2.45, 2.75) is 24.8 Å². The number of carbonyl (C=O) groups is 2. The van der Waals surface area contributed by atoms with Crippen molar-refractivity contribution >= 4 is 27.5 Å². The summed E-state index contributed by atoms with van der Waals surface area (Å²) in [5.74, 6) is -1.53. The molecule has 0 aliphatic rings. The van der Waals surface area contributed by atoms with Gasteiger partial charge in [0.05, 0.1) is 10.6 Å². The second-order valence-electron chi connectivity index (χ2n) is 5.70. The van der Waals surface area contributed by atoms with E-state index in [2.05, 4.69) is 15.4 Å². The molecule has 0 aliphatic heterocycles. The largest absolute Gasteiger partial charge is 0.355 e. The fraction of sp³-hybridized carbons (Fsp3) is 0.222. The van der Waals surface area contributed by atoms with Crippen molar-refractivity contribution in [3.05, 3.63) is 59.9 Å². The Morgan fingerprint density at radius 1 is 1.07 bits per heavy atom. The molecule has 0 radical (unpaired) electrons. The van der Waals surface area contributed by atoms with Crippen LogP contribution in [-0.4, -0.2) is 32.8 Å². The number of carbonyl (C=O) groups excluding carboxylic acids is 2. The number of para-hydroxylation sites is 1. The molecule has 0 fully saturated rings. The summed E-state index contributed by atoms with van der Waals surface area (Å²) in [6, 6.07) is 9.75. The minimum Gasteiger partial charge on any atom is -0.355 e. The minimum atomic E-state index is -4.01. The van der Waals surface area contributed by atoms with Crippen LogP contribution < -0.4 is 15.4 Å². The lowest BCUT2D eigenvalue weighted by Crippen LogP contribution is -2.44. The standard InChI is InChI=1S/C18H20FN3O4S/c1-3-20-17(23)12(2)21-18(24)13-8-10-14(11-9-13)27(25,26)22-16-7-5-4-6-15(16)19/h4-12,22H,3H2,1-2H3,(H,20,23)(H,21,24)/t12-/m1/s1. The van der Waals surface area contributed by atoms with Gasteiger partial charge in [-0.3, -0.25) is 14.3 Å². The van der Waals surface area contributed by atoms with Crippen LogP contribution in [0.1, 0.15) is 24.2 Å². The highest BCUT2D eigenvalue weighted by atomic mass is 32.2. The van der Waals surface area contributed by atoms with Gasteiger partial charge in [-0.05, 0) is 50.2 Å². The minimum absolute atomic E-state index is 0.126. The number of nitrogens with one attached hydrogen (secondary N) is 3. The average molecular weight is 393 g/mol. The predicted molar refractivity (Wildman–Crippen MR) is 99.3 cm³/mol. The molecule has 2 aromatic carbocycles. The van der Waals surface area contributed by atoms with E-state index in [0.29, 0.717) is 6.54 Å². The van der Waals surface area contributed by atoms with E-state index in [0.717, 1.165) is 6.07 Å². The molecule has 0 aliphatic carbocycles. The van der Waals surface area contributed by atoms with Gasteiger partial charge in [0.15, 0.2) is 0 Å². The molecule has 0 heterocycles. The highest BCUT2D eigenvalue weighted by molar-refractivity contribution is 7.92. The maximum absolute atomic E-state index is 13.6. The van der Waals surface area contributed by atoms with Gasteiger partial charge in [0, 0.05) is 12.1 Å². The second kappa shape index (κ2) is 8.63. The molecule has 2 amide bonds. The van der Waals surface area contributed by atoms with Gasteiger partial charge in [0.25, 0.3) is 15.9 Å². The van der Waals surface area contributed by atoms with Crippen molar-refractivity contribution in [1.29, 1.82) is 0 Å². The maximum atomic E-state index is 13.6. The van der Waals surface area contributed by atoms with Gasteiger partial charge in [-0.1, -0.05) is 12.1 Å². The van der Waals surface area contributed by atoms with Gasteiger partial charge in [0.1, 0.15) is 11.9 Å². The first kappa shape index (κ1) is 20.4. The molecule has 0 saturated carbocycles. The SMILES string of the molecule is CCNC(=O)[C@@H](C)NC(=O)c1ccc(S(=O)(=O)Nc2ccccc2F)cc1. The summed E-state index contributed by atoms with van der Waals surface area (Å²) in [5.41, 5.74) is 0.0195. The first-order valence-corrected chi connectivity index (χ1v) is 9.69. The van der Waals surface area contributed by atoms with Crippen LogP contribution in [0.4, 0.5) is 10.1 Å². The zero-order valence-corrected chi connectivity index (χ0v) is 15.6. The van der Waals surface area contributed by atoms with E-state index in [1.807, 2.05) is 0 Å². The van der Waals surface area contributed by atoms with Crippen LogP contribution >= 0.6 is 0 Å². The van der Waals surface area contributed by atoms with Gasteiger partial charge in [0.2, 0.25) is 5.91 Å². The quantitative estimate of drug-likeness (QED) is 0.668. The summed E-state index contributed by atoms with van der Waals surface area (Å²) >= 11 is 0. The first-order chi connectivity index (χ1) is 12.7. The third-order valence-electron chi connectivity index (χ3n) is 3.64. The van der Waals surface area contributed by atoms with Crippen LogP contribution in [0, 0.1) is 5.82 Å². The van der Waals surface area contributed by atoms with E-state index in [9.17, 15) is 22.4 Å². The number of benzene rings is 2. The summed E-state index contributed by atoms with van der Waals surface area (Å²) in [5, 5.41) is 5.11. The fourth-order valence-corrected chi connectivity index (χ4v) is 3.27. The molecule has 9 heteroatoms. The molecule has 1 atom stereocenters. The third kappa shape index (κ3) is 5.27. The Kier molecular flexibility index (Phi) is 6.51. The third-order valence-corrected chi connectivity index (χ3v) is 5.02. The van der Waals surface area contributed by atoms with Crippen molar-refractivity contribution < 1.29 is 22.4 Å². The number of anilines is 1. The van der Waals surface area contributed by atoms with E-state index in [1.54, 1.807) is 13.8 Å². The second-order valence-corrected chi connectivity index (χ2v) is 7.38. The van der Waals surface area contributed by atoms with Crippen LogP contribution in [-0.2, 0) is 14.8 Å². The van der Waals surface area contributed by atoms with Crippen molar-refractivity contribution in [2.75, 3.05) is 11.3 Å². The van der Waals surface area contributed by atoms with Crippen LogP contribution in [0.3, 0.4) is 0 Å². The Morgan fingerprint density at radius 2 is 1.70 bits per heavy atom. The molecule has 2 rings (SSSR count). The number of hydrogen-bond acceptors (Lipinski definition) is 4. The number of sulfonamides is 1. The molecular weight excluding hydrogens is 373 g/mol. The smallest absolute Gasteiger partial charge is 0.261 e. The summed E-state index contributed by atoms with van der Waals surface area (Å²) in [7, 11) is -4.01. The number of likely N-dealkylation sites (N-methyl/N-ethyl adjacent to an activating group) is 1. The summed E-state index contributed by atoms with van der Waals surface area (Å²) in [6.45, 7) is 3.75. The number of hydrogen-bond donors (Lipinski definition) is 3. The molecular formula is C18H20FN3O4S. The van der Waals surface area contributed by atoms with E-state index in [4.69, 9.17) is 0 Å². The molecule has 7 nitrogen and oxygen atoms in total. The number of rotatable bonds is 7. The van der Waals surface area contributed by atoms with Crippen molar-refractivity contribution in [3.63, 3.8) is 0 Å². The van der Waals surface area contributed by atoms with Gasteiger partial charge >= 0.3 is 0 Å². The summed E-state index contributed by atoms with van der Waals surface area (Å²) in [4.78, 5) is 23.7. The molecule has 0 spiro atoms. The lowest BCUT2D eigenvalue weighted by molar-refractivity contribution is -0.122. The molecule has 0 aromatic heterocycles. The first-order valence-electron chi connectivity index (χ1n) is 8.20. The molecule has 3 N–H and O–H groups in total. The van der Waals surface area contributed by atoms with E-state index < -0.39 is 27.8 Å². The predicted octanol–water partition coefficient (Wildman–Crippen LogP) is 1.88. The molecule has 144 valence electrons. The van der Waals surface area contributed by atoms with E-state index >= 15 is 0 Å². The highest BCUT2D eigenvalue weighted by Crippen LogP contribution is 2.19. The molecule has 0 bridgehead atoms. The summed E-state index contributed by atoms with van der Waals surface area (Å²) in [6.07, 6.45) is 0. The van der Waals surface area contributed by atoms with Gasteiger partial charge < -0.3 is 10.6 Å². The van der Waals surface area contributed by atoms with Gasteiger partial charge in [-0.25, -0.2) is 12.8 Å². The van der Waals surface area contributed by atoms with Crippen molar-refractivity contribution in [2.24, 2.45) is 0 Å². The Bertz CT molecular complexity index is 930. The van der Waals surface area contributed by atoms with E-state index in [-0.39, 0.29) is 22.1 Å².